The standard InChI is InChI=1S/C21H21ClN6O/c1-20(2,29)15-4-3-9-28-18(15)26-27-19(28)21(7-8-21)14-5-6-16(22)13(10-14)11-17-23-12-24-25-17/h3-6,9-10,12,29H,7-8,11H2,1-2H3,(H,23,24,25). The van der Waals surface area contributed by atoms with Crippen LogP contribution in [0.2, 0.25) is 5.02 Å². The van der Waals surface area contributed by atoms with Gasteiger partial charge in [0.05, 0.1) is 11.0 Å². The zero-order valence-electron chi connectivity index (χ0n) is 16.2. The van der Waals surface area contributed by atoms with Gasteiger partial charge in [0.2, 0.25) is 0 Å². The molecular weight excluding hydrogens is 388 g/mol. The van der Waals surface area contributed by atoms with E-state index in [1.54, 1.807) is 13.8 Å². The van der Waals surface area contributed by atoms with Crippen LogP contribution >= 0.6 is 11.6 Å². The average Bonchev–Trinajstić information content (AvgIpc) is 3.11. The number of aromatic nitrogens is 6. The molecule has 4 aromatic rings. The summed E-state index contributed by atoms with van der Waals surface area (Å²) in [6.45, 7) is 3.52. The molecule has 29 heavy (non-hydrogen) atoms. The first-order valence-electron chi connectivity index (χ1n) is 9.59. The number of fused-ring (bicyclic) bond motifs is 1. The number of benzene rings is 1. The molecule has 3 aromatic heterocycles. The lowest BCUT2D eigenvalue weighted by Crippen LogP contribution is -2.18. The Labute approximate surface area is 172 Å². The Morgan fingerprint density at radius 2 is 2.07 bits per heavy atom. The van der Waals surface area contributed by atoms with Crippen molar-refractivity contribution < 1.29 is 5.11 Å². The average molecular weight is 409 g/mol. The van der Waals surface area contributed by atoms with Crippen LogP contribution in [-0.2, 0) is 17.4 Å². The summed E-state index contributed by atoms with van der Waals surface area (Å²) in [6, 6.07) is 9.97. The van der Waals surface area contributed by atoms with E-state index < -0.39 is 5.60 Å². The van der Waals surface area contributed by atoms with E-state index in [4.69, 9.17) is 11.6 Å². The third-order valence-electron chi connectivity index (χ3n) is 5.69. The molecule has 2 N–H and O–H groups in total. The van der Waals surface area contributed by atoms with Crippen LogP contribution in [0.4, 0.5) is 0 Å². The van der Waals surface area contributed by atoms with E-state index in [0.29, 0.717) is 17.1 Å². The van der Waals surface area contributed by atoms with Gasteiger partial charge in [-0.3, -0.25) is 9.50 Å². The number of aliphatic hydroxyl groups is 1. The fourth-order valence-corrected chi connectivity index (χ4v) is 4.17. The normalized spacial score (nSPS) is 15.7. The van der Waals surface area contributed by atoms with Crippen molar-refractivity contribution in [3.63, 3.8) is 0 Å². The van der Waals surface area contributed by atoms with Gasteiger partial charge >= 0.3 is 0 Å². The van der Waals surface area contributed by atoms with Crippen LogP contribution in [0.25, 0.3) is 5.65 Å². The van der Waals surface area contributed by atoms with Gasteiger partial charge < -0.3 is 5.11 Å². The van der Waals surface area contributed by atoms with Crippen molar-refractivity contribution in [3.8, 4) is 0 Å². The van der Waals surface area contributed by atoms with Gasteiger partial charge in [0.1, 0.15) is 18.0 Å². The van der Waals surface area contributed by atoms with Gasteiger partial charge in [-0.25, -0.2) is 4.98 Å². The van der Waals surface area contributed by atoms with Crippen molar-refractivity contribution in [1.29, 1.82) is 0 Å². The first-order chi connectivity index (χ1) is 13.9. The first kappa shape index (κ1) is 18.3. The largest absolute Gasteiger partial charge is 0.386 e. The highest BCUT2D eigenvalue weighted by atomic mass is 35.5. The zero-order chi connectivity index (χ0) is 20.2. The number of pyridine rings is 1. The minimum absolute atomic E-state index is 0.196. The van der Waals surface area contributed by atoms with Crippen LogP contribution in [0.5, 0.6) is 0 Å². The summed E-state index contributed by atoms with van der Waals surface area (Å²) < 4.78 is 2.00. The molecule has 5 rings (SSSR count). The second kappa shape index (κ2) is 6.37. The van der Waals surface area contributed by atoms with Crippen molar-refractivity contribution in [2.24, 2.45) is 0 Å². The Bertz CT molecular complexity index is 1190. The smallest absolute Gasteiger partial charge is 0.166 e. The number of rotatable bonds is 5. The molecule has 0 aliphatic heterocycles. The molecule has 148 valence electrons. The minimum atomic E-state index is -0.992. The lowest BCUT2D eigenvalue weighted by Gasteiger charge is -2.19. The van der Waals surface area contributed by atoms with E-state index in [1.165, 1.54) is 11.9 Å². The monoisotopic (exact) mass is 408 g/mol. The van der Waals surface area contributed by atoms with Crippen LogP contribution < -0.4 is 0 Å². The van der Waals surface area contributed by atoms with Crippen molar-refractivity contribution in [1.82, 2.24) is 29.8 Å². The topological polar surface area (TPSA) is 92.0 Å². The molecule has 7 nitrogen and oxygen atoms in total. The number of hydrogen-bond donors (Lipinski definition) is 2. The number of nitrogens with one attached hydrogen (secondary N) is 1. The Morgan fingerprint density at radius 1 is 1.24 bits per heavy atom. The molecule has 0 radical (unpaired) electrons. The quantitative estimate of drug-likeness (QED) is 0.528. The van der Waals surface area contributed by atoms with Crippen LogP contribution in [0.15, 0.2) is 42.9 Å². The van der Waals surface area contributed by atoms with Gasteiger partial charge in [-0.15, -0.1) is 10.2 Å². The van der Waals surface area contributed by atoms with Gasteiger partial charge in [0, 0.05) is 23.2 Å². The Morgan fingerprint density at radius 3 is 2.76 bits per heavy atom. The molecule has 8 heteroatoms. The summed E-state index contributed by atoms with van der Waals surface area (Å²) in [7, 11) is 0. The van der Waals surface area contributed by atoms with Gasteiger partial charge in [-0.1, -0.05) is 29.8 Å². The number of halogens is 1. The predicted octanol–water partition coefficient (Wildman–Crippen LogP) is 3.40. The maximum Gasteiger partial charge on any atom is 0.166 e. The minimum Gasteiger partial charge on any atom is -0.386 e. The number of H-pyrrole nitrogens is 1. The Hall–Kier alpha value is -2.77. The highest BCUT2D eigenvalue weighted by Gasteiger charge is 2.50. The predicted molar refractivity (Wildman–Crippen MR) is 109 cm³/mol. The first-order valence-corrected chi connectivity index (χ1v) is 9.96. The van der Waals surface area contributed by atoms with Gasteiger partial charge in [0.25, 0.3) is 0 Å². The number of hydrogen-bond acceptors (Lipinski definition) is 5. The van der Waals surface area contributed by atoms with E-state index in [9.17, 15) is 5.11 Å². The molecule has 1 fully saturated rings. The third kappa shape index (κ3) is 3.01. The molecule has 3 heterocycles. The number of aromatic amines is 1. The second-order valence-electron chi connectivity index (χ2n) is 8.20. The maximum atomic E-state index is 10.5. The molecule has 1 aromatic carbocycles. The van der Waals surface area contributed by atoms with E-state index >= 15 is 0 Å². The van der Waals surface area contributed by atoms with Crippen LogP contribution in [0, 0.1) is 0 Å². The maximum absolute atomic E-state index is 10.5. The summed E-state index contributed by atoms with van der Waals surface area (Å²) in [5, 5.41) is 27.0. The van der Waals surface area contributed by atoms with E-state index in [-0.39, 0.29) is 5.41 Å². The van der Waals surface area contributed by atoms with Crippen LogP contribution in [0.3, 0.4) is 0 Å². The molecule has 1 aliphatic rings. The lowest BCUT2D eigenvalue weighted by atomic mass is 9.92. The Kier molecular flexibility index (Phi) is 4.01. The Balaban J connectivity index is 1.59. The van der Waals surface area contributed by atoms with Crippen molar-refractivity contribution >= 4 is 17.2 Å². The van der Waals surface area contributed by atoms with Crippen molar-refractivity contribution in [2.45, 2.75) is 44.1 Å². The van der Waals surface area contributed by atoms with E-state index in [1.807, 2.05) is 28.8 Å². The second-order valence-corrected chi connectivity index (χ2v) is 8.60. The van der Waals surface area contributed by atoms with Crippen molar-refractivity contribution in [2.75, 3.05) is 0 Å². The highest BCUT2D eigenvalue weighted by molar-refractivity contribution is 6.31. The third-order valence-corrected chi connectivity index (χ3v) is 6.06. The van der Waals surface area contributed by atoms with Gasteiger partial charge in [-0.2, -0.15) is 5.10 Å². The molecule has 0 unspecified atom stereocenters. The molecule has 0 saturated heterocycles. The van der Waals surface area contributed by atoms with Crippen LogP contribution in [0.1, 0.15) is 55.0 Å². The summed E-state index contributed by atoms with van der Waals surface area (Å²) in [5.41, 5.74) is 2.43. The molecule has 0 bridgehead atoms. The van der Waals surface area contributed by atoms with E-state index in [0.717, 1.165) is 35.6 Å². The van der Waals surface area contributed by atoms with Gasteiger partial charge in [0.15, 0.2) is 5.65 Å². The fraction of sp³-hybridized carbons (Fsp3) is 0.333. The van der Waals surface area contributed by atoms with Crippen LogP contribution in [-0.4, -0.2) is 34.9 Å². The van der Waals surface area contributed by atoms with E-state index in [2.05, 4.69) is 37.5 Å². The molecule has 0 amide bonds. The SMILES string of the molecule is CC(C)(O)c1cccn2c(C3(c4ccc(Cl)c(Cc5ncn[nH]5)c4)CC3)nnc12. The summed E-state index contributed by atoms with van der Waals surface area (Å²) in [6.07, 6.45) is 6.03. The summed E-state index contributed by atoms with van der Waals surface area (Å²) in [4.78, 5) is 4.21. The highest BCUT2D eigenvalue weighted by Crippen LogP contribution is 2.53. The summed E-state index contributed by atoms with van der Waals surface area (Å²) >= 11 is 6.45. The number of nitrogens with zero attached hydrogens (tertiary/aromatic N) is 5. The lowest BCUT2D eigenvalue weighted by molar-refractivity contribution is 0.0796. The zero-order valence-corrected chi connectivity index (χ0v) is 17.0. The molecule has 0 spiro atoms. The summed E-state index contributed by atoms with van der Waals surface area (Å²) in [5.74, 6) is 1.67. The molecule has 1 aliphatic carbocycles. The molecule has 1 saturated carbocycles. The molecule has 0 atom stereocenters. The fourth-order valence-electron chi connectivity index (χ4n) is 3.99. The molecular formula is C21H21ClN6O. The van der Waals surface area contributed by atoms with Crippen molar-refractivity contribution in [3.05, 3.63) is 76.2 Å². The van der Waals surface area contributed by atoms with Gasteiger partial charge in [-0.05, 0) is 49.9 Å².